The van der Waals surface area contributed by atoms with Crippen molar-refractivity contribution < 1.29 is 14.3 Å². The molecule has 0 bridgehead atoms. The molecule has 0 saturated heterocycles. The molecule has 2 aromatic carbocycles. The third-order valence-corrected chi connectivity index (χ3v) is 5.28. The van der Waals surface area contributed by atoms with E-state index in [1.807, 2.05) is 31.2 Å². The number of methoxy groups -OCH3 is 1. The molecule has 0 fully saturated rings. The fourth-order valence-corrected chi connectivity index (χ4v) is 3.72. The van der Waals surface area contributed by atoms with Gasteiger partial charge in [-0.1, -0.05) is 23.9 Å². The average molecular weight is 438 g/mol. The third-order valence-electron chi connectivity index (χ3n) is 4.35. The van der Waals surface area contributed by atoms with Crippen LogP contribution in [0.2, 0.25) is 0 Å². The summed E-state index contributed by atoms with van der Waals surface area (Å²) in [7, 11) is 1.30. The molecule has 11 heteroatoms. The highest BCUT2D eigenvalue weighted by molar-refractivity contribution is 7.98. The maximum absolute atomic E-state index is 12.4. The first-order valence-electron chi connectivity index (χ1n) is 9.35. The highest BCUT2D eigenvalue weighted by Gasteiger charge is 2.15. The molecule has 0 radical (unpaired) electrons. The Labute approximate surface area is 180 Å². The van der Waals surface area contributed by atoms with Crippen molar-refractivity contribution in [2.75, 3.05) is 13.7 Å². The molecule has 0 spiro atoms. The summed E-state index contributed by atoms with van der Waals surface area (Å²) in [6, 6.07) is 12.1. The van der Waals surface area contributed by atoms with E-state index in [9.17, 15) is 9.59 Å². The Kier molecular flexibility index (Phi) is 5.94. The third kappa shape index (κ3) is 4.26. The van der Waals surface area contributed by atoms with Crippen molar-refractivity contribution in [3.63, 3.8) is 0 Å². The Hall–Kier alpha value is -3.73. The number of hydrogen-bond donors (Lipinski definition) is 1. The predicted octanol–water partition coefficient (Wildman–Crippen LogP) is 2.38. The number of H-pyrrole nitrogens is 1. The van der Waals surface area contributed by atoms with Crippen molar-refractivity contribution in [3.05, 3.63) is 64.2 Å². The molecule has 1 N–H and O–H groups in total. The summed E-state index contributed by atoms with van der Waals surface area (Å²) in [6.07, 6.45) is 0. The van der Waals surface area contributed by atoms with E-state index in [1.54, 1.807) is 10.7 Å². The molecule has 0 aliphatic rings. The highest BCUT2D eigenvalue weighted by Crippen LogP contribution is 2.27. The van der Waals surface area contributed by atoms with Gasteiger partial charge in [0.1, 0.15) is 17.3 Å². The Morgan fingerprint density at radius 3 is 2.87 bits per heavy atom. The topological polar surface area (TPSA) is 125 Å². The van der Waals surface area contributed by atoms with Crippen LogP contribution >= 0.6 is 11.8 Å². The van der Waals surface area contributed by atoms with Crippen LogP contribution in [-0.2, 0) is 10.5 Å². The Balaban J connectivity index is 1.62. The summed E-state index contributed by atoms with van der Waals surface area (Å²) in [5.41, 5.74) is 1.14. The maximum Gasteiger partial charge on any atom is 0.337 e. The molecule has 2 heterocycles. The minimum Gasteiger partial charge on any atom is -0.492 e. The number of aromatic amines is 1. The number of esters is 1. The highest BCUT2D eigenvalue weighted by atomic mass is 32.2. The Morgan fingerprint density at radius 2 is 2.06 bits per heavy atom. The number of carbonyl (C=O) groups is 1. The Morgan fingerprint density at radius 1 is 1.23 bits per heavy atom. The molecule has 10 nitrogen and oxygen atoms in total. The summed E-state index contributed by atoms with van der Waals surface area (Å²) in [4.78, 5) is 31.4. The second-order valence-corrected chi connectivity index (χ2v) is 7.24. The van der Waals surface area contributed by atoms with E-state index in [2.05, 4.69) is 25.5 Å². The van der Waals surface area contributed by atoms with Gasteiger partial charge in [-0.15, -0.1) is 5.10 Å². The number of thioether (sulfide) groups is 1. The predicted molar refractivity (Wildman–Crippen MR) is 114 cm³/mol. The molecule has 0 unspecified atom stereocenters. The normalized spacial score (nSPS) is 10.9. The van der Waals surface area contributed by atoms with Gasteiger partial charge in [-0.25, -0.2) is 9.78 Å². The number of benzene rings is 2. The SMILES string of the molecule is CCOc1ccccc1-n1nnnc1SCc1nc2cc(C(=O)OC)ccc2c(=O)[nH]1. The minimum absolute atomic E-state index is 0.293. The monoisotopic (exact) mass is 438 g/mol. The van der Waals surface area contributed by atoms with Crippen LogP contribution in [0.5, 0.6) is 5.75 Å². The first-order valence-corrected chi connectivity index (χ1v) is 10.3. The first kappa shape index (κ1) is 20.5. The zero-order valence-electron chi connectivity index (χ0n) is 16.7. The molecule has 2 aromatic heterocycles. The van der Waals surface area contributed by atoms with Gasteiger partial charge in [0, 0.05) is 0 Å². The number of tetrazole rings is 1. The molecule has 0 aliphatic heterocycles. The number of rotatable bonds is 7. The number of ether oxygens (including phenoxy) is 2. The van der Waals surface area contributed by atoms with Crippen molar-refractivity contribution in [3.8, 4) is 11.4 Å². The van der Waals surface area contributed by atoms with E-state index < -0.39 is 5.97 Å². The molecular weight excluding hydrogens is 420 g/mol. The maximum atomic E-state index is 12.4. The fraction of sp³-hybridized carbons (Fsp3) is 0.200. The molecule has 4 rings (SSSR count). The van der Waals surface area contributed by atoms with Crippen LogP contribution in [0.4, 0.5) is 0 Å². The molecule has 0 atom stereocenters. The average Bonchev–Trinajstić information content (AvgIpc) is 3.26. The number of fused-ring (bicyclic) bond motifs is 1. The minimum atomic E-state index is -0.493. The van der Waals surface area contributed by atoms with Crippen molar-refractivity contribution in [2.24, 2.45) is 0 Å². The summed E-state index contributed by atoms with van der Waals surface area (Å²) in [5.74, 6) is 0.904. The van der Waals surface area contributed by atoms with E-state index >= 15 is 0 Å². The van der Waals surface area contributed by atoms with Gasteiger partial charge in [0.05, 0.1) is 35.9 Å². The smallest absolute Gasteiger partial charge is 0.337 e. The zero-order valence-corrected chi connectivity index (χ0v) is 17.5. The molecule has 31 heavy (non-hydrogen) atoms. The van der Waals surface area contributed by atoms with E-state index in [1.165, 1.54) is 31.0 Å². The van der Waals surface area contributed by atoms with Gasteiger partial charge < -0.3 is 14.5 Å². The molecule has 0 amide bonds. The lowest BCUT2D eigenvalue weighted by atomic mass is 10.1. The van der Waals surface area contributed by atoms with E-state index in [-0.39, 0.29) is 5.56 Å². The molecule has 4 aromatic rings. The summed E-state index contributed by atoms with van der Waals surface area (Å²) < 4.78 is 12.0. The lowest BCUT2D eigenvalue weighted by Crippen LogP contribution is -2.12. The van der Waals surface area contributed by atoms with E-state index in [0.717, 1.165) is 0 Å². The lowest BCUT2D eigenvalue weighted by molar-refractivity contribution is 0.0601. The largest absolute Gasteiger partial charge is 0.492 e. The van der Waals surface area contributed by atoms with E-state index in [0.29, 0.717) is 51.2 Å². The van der Waals surface area contributed by atoms with Crippen LogP contribution in [0.1, 0.15) is 23.1 Å². The van der Waals surface area contributed by atoms with Crippen molar-refractivity contribution in [1.29, 1.82) is 0 Å². The molecule has 0 saturated carbocycles. The van der Waals surface area contributed by atoms with Gasteiger partial charge in [0.15, 0.2) is 0 Å². The first-order chi connectivity index (χ1) is 15.1. The zero-order chi connectivity index (χ0) is 21.8. The summed E-state index contributed by atoms with van der Waals surface area (Å²) in [6.45, 7) is 2.41. The standard InChI is InChI=1S/C20H18N6O4S/c1-3-30-16-7-5-4-6-15(16)26-20(23-24-25-26)31-11-17-21-14-10-12(19(28)29-2)8-9-13(14)18(27)22-17/h4-10H,3,11H2,1-2H3,(H,21,22,27). The summed E-state index contributed by atoms with van der Waals surface area (Å²) in [5, 5.41) is 12.8. The van der Waals surface area contributed by atoms with Crippen LogP contribution in [0.15, 0.2) is 52.4 Å². The number of aromatic nitrogens is 6. The number of nitrogens with zero attached hydrogens (tertiary/aromatic N) is 5. The summed E-state index contributed by atoms with van der Waals surface area (Å²) >= 11 is 1.31. The van der Waals surface area contributed by atoms with Gasteiger partial charge in [0.2, 0.25) is 5.16 Å². The van der Waals surface area contributed by atoms with Crippen molar-refractivity contribution in [1.82, 2.24) is 30.2 Å². The van der Waals surface area contributed by atoms with Gasteiger partial charge in [-0.3, -0.25) is 4.79 Å². The number of para-hydroxylation sites is 2. The van der Waals surface area contributed by atoms with Gasteiger partial charge in [-0.05, 0) is 47.7 Å². The van der Waals surface area contributed by atoms with Gasteiger partial charge >= 0.3 is 5.97 Å². The number of hydrogen-bond acceptors (Lipinski definition) is 9. The quantitative estimate of drug-likeness (QED) is 0.342. The van der Waals surface area contributed by atoms with Crippen LogP contribution < -0.4 is 10.3 Å². The molecule has 0 aliphatic carbocycles. The van der Waals surface area contributed by atoms with Gasteiger partial charge in [-0.2, -0.15) is 4.68 Å². The number of nitrogens with one attached hydrogen (secondary N) is 1. The Bertz CT molecular complexity index is 1300. The van der Waals surface area contributed by atoms with Gasteiger partial charge in [0.25, 0.3) is 5.56 Å². The molecular formula is C20H18N6O4S. The van der Waals surface area contributed by atoms with Crippen LogP contribution in [0, 0.1) is 0 Å². The second kappa shape index (κ2) is 8.96. The van der Waals surface area contributed by atoms with Crippen LogP contribution in [0.3, 0.4) is 0 Å². The van der Waals surface area contributed by atoms with Crippen molar-refractivity contribution in [2.45, 2.75) is 17.8 Å². The molecule has 158 valence electrons. The lowest BCUT2D eigenvalue weighted by Gasteiger charge is -2.10. The van der Waals surface area contributed by atoms with Crippen LogP contribution in [-0.4, -0.2) is 49.9 Å². The number of carbonyl (C=O) groups excluding carboxylic acids is 1. The van der Waals surface area contributed by atoms with Crippen LogP contribution in [0.25, 0.3) is 16.6 Å². The fourth-order valence-electron chi connectivity index (χ4n) is 2.96. The van der Waals surface area contributed by atoms with E-state index in [4.69, 9.17) is 9.47 Å². The van der Waals surface area contributed by atoms with Crippen molar-refractivity contribution >= 4 is 28.6 Å². The second-order valence-electron chi connectivity index (χ2n) is 6.30.